The zero-order valence-electron chi connectivity index (χ0n) is 6.24. The number of hydrogen-bond acceptors (Lipinski definition) is 5. The van der Waals surface area contributed by atoms with Crippen LogP contribution < -0.4 is 5.32 Å². The van der Waals surface area contributed by atoms with E-state index in [9.17, 15) is 4.79 Å². The number of carbonyl (C=O) groups excluding carboxylic acids is 1. The standard InChI is InChI=1S/C6H11NO4/c1-10-11-6(9)5-2-4(8)3-7-5/h4-5,7-8H,2-3H2,1H3/t4?,5-/m0/s1. The molecule has 1 aliphatic rings. The molecule has 0 amide bonds. The third-order valence-corrected chi connectivity index (χ3v) is 1.56. The van der Waals surface area contributed by atoms with Crippen LogP contribution in [0.4, 0.5) is 0 Å². The van der Waals surface area contributed by atoms with Gasteiger partial charge >= 0.3 is 5.97 Å². The molecule has 0 bridgehead atoms. The molecule has 5 heteroatoms. The van der Waals surface area contributed by atoms with Crippen molar-refractivity contribution in [2.75, 3.05) is 13.7 Å². The normalized spacial score (nSPS) is 30.4. The summed E-state index contributed by atoms with van der Waals surface area (Å²) in [6.07, 6.45) is -0.0632. The molecule has 2 atom stereocenters. The third-order valence-electron chi connectivity index (χ3n) is 1.56. The summed E-state index contributed by atoms with van der Waals surface area (Å²) in [7, 11) is 1.27. The second-order valence-corrected chi connectivity index (χ2v) is 2.42. The van der Waals surface area contributed by atoms with Crippen molar-refractivity contribution in [2.45, 2.75) is 18.6 Å². The molecular formula is C6H11NO4. The number of carbonyl (C=O) groups is 1. The van der Waals surface area contributed by atoms with Gasteiger partial charge in [-0.1, -0.05) is 0 Å². The van der Waals surface area contributed by atoms with Gasteiger partial charge in [0.1, 0.15) is 6.04 Å². The Morgan fingerprint density at radius 1 is 1.73 bits per heavy atom. The predicted octanol–water partition coefficient (Wildman–Crippen LogP) is -1.19. The average molecular weight is 161 g/mol. The van der Waals surface area contributed by atoms with Crippen molar-refractivity contribution < 1.29 is 19.7 Å². The minimum atomic E-state index is -0.482. The van der Waals surface area contributed by atoms with E-state index in [0.717, 1.165) is 0 Å². The van der Waals surface area contributed by atoms with Crippen LogP contribution in [0.15, 0.2) is 0 Å². The minimum Gasteiger partial charge on any atom is -0.392 e. The Labute approximate surface area is 64.2 Å². The maximum absolute atomic E-state index is 10.9. The second-order valence-electron chi connectivity index (χ2n) is 2.42. The van der Waals surface area contributed by atoms with E-state index < -0.39 is 18.1 Å². The van der Waals surface area contributed by atoms with E-state index in [1.807, 2.05) is 0 Å². The number of β-amino-alcohol motifs (C(OH)–C–C–N with tert-alkyl or cyclic N) is 1. The van der Waals surface area contributed by atoms with Gasteiger partial charge < -0.3 is 10.4 Å². The van der Waals surface area contributed by atoms with Gasteiger partial charge in [-0.3, -0.25) is 4.89 Å². The Morgan fingerprint density at radius 3 is 2.91 bits per heavy atom. The van der Waals surface area contributed by atoms with Crippen molar-refractivity contribution in [3.63, 3.8) is 0 Å². The zero-order chi connectivity index (χ0) is 8.27. The topological polar surface area (TPSA) is 67.8 Å². The van der Waals surface area contributed by atoms with Crippen LogP contribution in [0.2, 0.25) is 0 Å². The molecule has 0 aromatic rings. The van der Waals surface area contributed by atoms with E-state index >= 15 is 0 Å². The molecule has 0 aliphatic carbocycles. The molecule has 2 N–H and O–H groups in total. The maximum Gasteiger partial charge on any atom is 0.359 e. The molecule has 0 saturated carbocycles. The summed E-state index contributed by atoms with van der Waals surface area (Å²) in [5, 5.41) is 11.8. The highest BCUT2D eigenvalue weighted by molar-refractivity contribution is 5.75. The van der Waals surface area contributed by atoms with Gasteiger partial charge in [0, 0.05) is 13.0 Å². The lowest BCUT2D eigenvalue weighted by atomic mass is 10.2. The number of nitrogens with one attached hydrogen (secondary N) is 1. The quantitative estimate of drug-likeness (QED) is 0.394. The summed E-state index contributed by atoms with van der Waals surface area (Å²) >= 11 is 0. The summed E-state index contributed by atoms with van der Waals surface area (Å²) in [6.45, 7) is 0.434. The zero-order valence-corrected chi connectivity index (χ0v) is 6.24. The first-order chi connectivity index (χ1) is 5.24. The fourth-order valence-corrected chi connectivity index (χ4v) is 1.04. The Morgan fingerprint density at radius 2 is 2.45 bits per heavy atom. The maximum atomic E-state index is 10.9. The van der Waals surface area contributed by atoms with Crippen LogP contribution in [-0.4, -0.2) is 36.9 Å². The van der Waals surface area contributed by atoms with Crippen molar-refractivity contribution >= 4 is 5.97 Å². The molecule has 64 valence electrons. The fourth-order valence-electron chi connectivity index (χ4n) is 1.04. The van der Waals surface area contributed by atoms with Crippen LogP contribution in [0.25, 0.3) is 0 Å². The molecular weight excluding hydrogens is 150 g/mol. The molecule has 1 heterocycles. The summed E-state index contributed by atoms with van der Waals surface area (Å²) in [5.41, 5.74) is 0. The molecule has 0 aromatic carbocycles. The molecule has 1 unspecified atom stereocenters. The van der Waals surface area contributed by atoms with Crippen LogP contribution in [0, 0.1) is 0 Å². The largest absolute Gasteiger partial charge is 0.392 e. The first-order valence-electron chi connectivity index (χ1n) is 3.40. The first-order valence-corrected chi connectivity index (χ1v) is 3.40. The number of hydrogen-bond donors (Lipinski definition) is 2. The van der Waals surface area contributed by atoms with E-state index in [2.05, 4.69) is 15.1 Å². The summed E-state index contributed by atoms with van der Waals surface area (Å²) in [6, 6.07) is -0.426. The SMILES string of the molecule is COOC(=O)[C@@H]1CC(O)CN1. The van der Waals surface area contributed by atoms with Crippen LogP contribution in [0.1, 0.15) is 6.42 Å². The Hall–Kier alpha value is -0.650. The van der Waals surface area contributed by atoms with Crippen molar-refractivity contribution in [2.24, 2.45) is 0 Å². The highest BCUT2D eigenvalue weighted by atomic mass is 17.2. The van der Waals surface area contributed by atoms with Gasteiger partial charge in [0.05, 0.1) is 13.2 Å². The molecule has 5 nitrogen and oxygen atoms in total. The van der Waals surface area contributed by atoms with E-state index in [0.29, 0.717) is 13.0 Å². The molecule has 1 aliphatic heterocycles. The Bertz CT molecular complexity index is 150. The van der Waals surface area contributed by atoms with Gasteiger partial charge in [-0.05, 0) is 0 Å². The summed E-state index contributed by atoms with van der Waals surface area (Å²) in [5.74, 6) is -0.482. The van der Waals surface area contributed by atoms with Gasteiger partial charge in [-0.25, -0.2) is 4.79 Å². The van der Waals surface area contributed by atoms with Crippen LogP contribution in [0.3, 0.4) is 0 Å². The highest BCUT2D eigenvalue weighted by Gasteiger charge is 2.29. The third kappa shape index (κ3) is 2.14. The summed E-state index contributed by atoms with van der Waals surface area (Å²) in [4.78, 5) is 19.3. The Kier molecular flexibility index (Phi) is 2.81. The van der Waals surface area contributed by atoms with Crippen molar-refractivity contribution in [1.82, 2.24) is 5.32 Å². The van der Waals surface area contributed by atoms with Gasteiger partial charge in [0.2, 0.25) is 0 Å². The van der Waals surface area contributed by atoms with Gasteiger partial charge in [-0.2, -0.15) is 4.89 Å². The molecule has 0 spiro atoms. The number of rotatable bonds is 2. The van der Waals surface area contributed by atoms with Crippen molar-refractivity contribution in [1.29, 1.82) is 0 Å². The lowest BCUT2D eigenvalue weighted by Crippen LogP contribution is -2.32. The van der Waals surface area contributed by atoms with E-state index in [1.54, 1.807) is 0 Å². The van der Waals surface area contributed by atoms with Gasteiger partial charge in [0.25, 0.3) is 0 Å². The number of aliphatic hydroxyl groups is 1. The molecule has 0 aromatic heterocycles. The summed E-state index contributed by atoms with van der Waals surface area (Å²) < 4.78 is 0. The minimum absolute atomic E-state index is 0.391. The van der Waals surface area contributed by atoms with Crippen LogP contribution in [0.5, 0.6) is 0 Å². The van der Waals surface area contributed by atoms with Crippen molar-refractivity contribution in [3.8, 4) is 0 Å². The average Bonchev–Trinajstić information content (AvgIpc) is 2.36. The van der Waals surface area contributed by atoms with Gasteiger partial charge in [-0.15, -0.1) is 0 Å². The first kappa shape index (κ1) is 8.45. The lowest BCUT2D eigenvalue weighted by molar-refractivity contribution is -0.256. The highest BCUT2D eigenvalue weighted by Crippen LogP contribution is 2.07. The molecule has 1 saturated heterocycles. The molecule has 1 rings (SSSR count). The van der Waals surface area contributed by atoms with Gasteiger partial charge in [0.15, 0.2) is 0 Å². The fraction of sp³-hybridized carbons (Fsp3) is 0.833. The van der Waals surface area contributed by atoms with E-state index in [-0.39, 0.29) is 0 Å². The number of aliphatic hydroxyl groups excluding tert-OH is 1. The molecule has 0 radical (unpaired) electrons. The predicted molar refractivity (Wildman–Crippen MR) is 35.5 cm³/mol. The monoisotopic (exact) mass is 161 g/mol. The van der Waals surface area contributed by atoms with E-state index in [4.69, 9.17) is 5.11 Å². The van der Waals surface area contributed by atoms with Crippen LogP contribution >= 0.6 is 0 Å². The van der Waals surface area contributed by atoms with Crippen molar-refractivity contribution in [3.05, 3.63) is 0 Å². The lowest BCUT2D eigenvalue weighted by Gasteiger charge is -2.05. The smallest absolute Gasteiger partial charge is 0.359 e. The van der Waals surface area contributed by atoms with Crippen LogP contribution in [-0.2, 0) is 14.6 Å². The second kappa shape index (κ2) is 3.66. The van der Waals surface area contributed by atoms with E-state index in [1.165, 1.54) is 7.11 Å². The Balaban J connectivity index is 2.31. The molecule has 1 fully saturated rings. The molecule has 11 heavy (non-hydrogen) atoms.